The molecule has 128 valence electrons. The van der Waals surface area contributed by atoms with E-state index in [2.05, 4.69) is 10.6 Å². The lowest BCUT2D eigenvalue weighted by molar-refractivity contribution is -0.123. The smallest absolute Gasteiger partial charge is 0.222 e. The molecule has 0 fully saturated rings. The molecule has 0 aromatic heterocycles. The third kappa shape index (κ3) is 5.94. The van der Waals surface area contributed by atoms with Crippen LogP contribution in [0.4, 0.5) is 8.78 Å². The van der Waals surface area contributed by atoms with Gasteiger partial charge in [-0.3, -0.25) is 9.59 Å². The van der Waals surface area contributed by atoms with Crippen LogP contribution in [0.3, 0.4) is 0 Å². The van der Waals surface area contributed by atoms with Crippen molar-refractivity contribution in [2.75, 3.05) is 6.54 Å². The van der Waals surface area contributed by atoms with Crippen molar-refractivity contribution in [2.24, 2.45) is 5.92 Å². The van der Waals surface area contributed by atoms with Crippen LogP contribution in [0.15, 0.2) is 18.2 Å². The monoisotopic (exact) mass is 328 g/mol. The third-order valence-corrected chi connectivity index (χ3v) is 3.39. The lowest BCUT2D eigenvalue weighted by atomic mass is 10.0. The fourth-order valence-corrected chi connectivity index (χ4v) is 2.03. The van der Waals surface area contributed by atoms with E-state index in [0.717, 1.165) is 12.1 Å². The summed E-state index contributed by atoms with van der Waals surface area (Å²) in [6.45, 7) is 4.83. The highest BCUT2D eigenvalue weighted by Crippen LogP contribution is 2.23. The maximum atomic E-state index is 13.9. The third-order valence-electron chi connectivity index (χ3n) is 3.39. The zero-order valence-electron chi connectivity index (χ0n) is 13.4. The number of hydrogen-bond donors (Lipinski definition) is 3. The number of nitrogens with one attached hydrogen (secondary N) is 2. The Labute approximate surface area is 134 Å². The van der Waals surface area contributed by atoms with Crippen LogP contribution in [0.25, 0.3) is 0 Å². The first-order chi connectivity index (χ1) is 10.7. The van der Waals surface area contributed by atoms with E-state index in [1.54, 1.807) is 13.8 Å². The van der Waals surface area contributed by atoms with Gasteiger partial charge in [0.05, 0.1) is 18.6 Å². The van der Waals surface area contributed by atoms with Gasteiger partial charge in [0.1, 0.15) is 11.6 Å². The fourth-order valence-electron chi connectivity index (χ4n) is 2.03. The molecule has 0 bridgehead atoms. The van der Waals surface area contributed by atoms with E-state index in [1.165, 1.54) is 13.0 Å². The van der Waals surface area contributed by atoms with Gasteiger partial charge in [-0.05, 0) is 18.1 Å². The summed E-state index contributed by atoms with van der Waals surface area (Å²) in [5.74, 6) is -2.73. The first kappa shape index (κ1) is 19.0. The molecular weight excluding hydrogens is 306 g/mol. The van der Waals surface area contributed by atoms with Crippen molar-refractivity contribution in [3.8, 4) is 0 Å². The highest BCUT2D eigenvalue weighted by molar-refractivity contribution is 5.79. The maximum Gasteiger partial charge on any atom is 0.222 e. The summed E-state index contributed by atoms with van der Waals surface area (Å²) in [6.07, 6.45) is -1.05. The van der Waals surface area contributed by atoms with Crippen LogP contribution in [0.5, 0.6) is 0 Å². The van der Waals surface area contributed by atoms with E-state index in [1.807, 2.05) is 0 Å². The summed E-state index contributed by atoms with van der Waals surface area (Å²) < 4.78 is 27.7. The van der Waals surface area contributed by atoms with Crippen molar-refractivity contribution < 1.29 is 23.5 Å². The van der Waals surface area contributed by atoms with Crippen LogP contribution in [-0.4, -0.2) is 29.6 Å². The number of benzene rings is 1. The Morgan fingerprint density at radius 2 is 1.78 bits per heavy atom. The zero-order chi connectivity index (χ0) is 17.6. The van der Waals surface area contributed by atoms with E-state index in [4.69, 9.17) is 0 Å². The van der Waals surface area contributed by atoms with E-state index in [-0.39, 0.29) is 24.4 Å². The van der Waals surface area contributed by atoms with Gasteiger partial charge in [0, 0.05) is 19.0 Å². The molecule has 0 aliphatic heterocycles. The molecule has 0 radical (unpaired) electrons. The quantitative estimate of drug-likeness (QED) is 0.712. The summed E-state index contributed by atoms with van der Waals surface area (Å²) in [6, 6.07) is 2.21. The molecule has 2 atom stereocenters. The second kappa shape index (κ2) is 8.57. The van der Waals surface area contributed by atoms with Crippen molar-refractivity contribution in [3.63, 3.8) is 0 Å². The van der Waals surface area contributed by atoms with Crippen LogP contribution in [0.2, 0.25) is 0 Å². The van der Waals surface area contributed by atoms with Crippen molar-refractivity contribution in [1.82, 2.24) is 10.6 Å². The zero-order valence-corrected chi connectivity index (χ0v) is 13.4. The molecule has 0 heterocycles. The summed E-state index contributed by atoms with van der Waals surface area (Å²) in [7, 11) is 0. The fraction of sp³-hybridized carbons (Fsp3) is 0.500. The minimum atomic E-state index is -1.12. The van der Waals surface area contributed by atoms with Crippen LogP contribution >= 0.6 is 0 Å². The topological polar surface area (TPSA) is 78.4 Å². The van der Waals surface area contributed by atoms with Crippen molar-refractivity contribution in [1.29, 1.82) is 0 Å². The van der Waals surface area contributed by atoms with Gasteiger partial charge in [-0.15, -0.1) is 0 Å². The van der Waals surface area contributed by atoms with Gasteiger partial charge in [0.2, 0.25) is 11.8 Å². The number of aliphatic hydroxyl groups is 1. The minimum absolute atomic E-state index is 0.0308. The molecule has 1 aromatic rings. The summed E-state index contributed by atoms with van der Waals surface area (Å²) in [5, 5.41) is 14.5. The number of carbonyl (C=O) groups excluding carboxylic acids is 2. The van der Waals surface area contributed by atoms with Gasteiger partial charge in [0.15, 0.2) is 0 Å². The Morgan fingerprint density at radius 1 is 1.22 bits per heavy atom. The molecule has 0 saturated heterocycles. The van der Waals surface area contributed by atoms with E-state index in [0.29, 0.717) is 0 Å². The normalized spacial score (nSPS) is 13.5. The first-order valence-electron chi connectivity index (χ1n) is 7.38. The Bertz CT molecular complexity index is 544. The van der Waals surface area contributed by atoms with Crippen LogP contribution < -0.4 is 10.6 Å². The van der Waals surface area contributed by atoms with Gasteiger partial charge < -0.3 is 15.7 Å². The van der Waals surface area contributed by atoms with Gasteiger partial charge in [0.25, 0.3) is 0 Å². The van der Waals surface area contributed by atoms with Crippen molar-refractivity contribution >= 4 is 11.8 Å². The molecule has 2 amide bonds. The lowest BCUT2D eigenvalue weighted by Crippen LogP contribution is -2.38. The molecule has 5 nitrogen and oxygen atoms in total. The SMILES string of the molecule is CC(=O)NC(CC(=O)NCC(O)C(C)C)c1c(F)cccc1F. The van der Waals surface area contributed by atoms with E-state index in [9.17, 15) is 23.5 Å². The number of carbonyl (C=O) groups is 2. The molecule has 3 N–H and O–H groups in total. The predicted molar refractivity (Wildman–Crippen MR) is 81.4 cm³/mol. The molecular formula is C16H22F2N2O3. The van der Waals surface area contributed by atoms with Crippen molar-refractivity contribution in [2.45, 2.75) is 39.3 Å². The number of aliphatic hydroxyl groups excluding tert-OH is 1. The van der Waals surface area contributed by atoms with Gasteiger partial charge >= 0.3 is 0 Å². The number of hydrogen-bond acceptors (Lipinski definition) is 3. The highest BCUT2D eigenvalue weighted by atomic mass is 19.1. The lowest BCUT2D eigenvalue weighted by Gasteiger charge is -2.20. The molecule has 2 unspecified atom stereocenters. The highest BCUT2D eigenvalue weighted by Gasteiger charge is 2.24. The Kier molecular flexibility index (Phi) is 7.09. The number of amides is 2. The van der Waals surface area contributed by atoms with Gasteiger partial charge in [-0.25, -0.2) is 8.78 Å². The molecule has 1 rings (SSSR count). The molecule has 1 aromatic carbocycles. The Balaban J connectivity index is 2.83. The summed E-state index contributed by atoms with van der Waals surface area (Å²) in [4.78, 5) is 23.2. The molecule has 0 aliphatic rings. The maximum absolute atomic E-state index is 13.9. The number of rotatable bonds is 7. The van der Waals surface area contributed by atoms with Gasteiger partial charge in [-0.2, -0.15) is 0 Å². The Morgan fingerprint density at radius 3 is 2.26 bits per heavy atom. The largest absolute Gasteiger partial charge is 0.391 e. The molecule has 0 spiro atoms. The molecule has 0 aliphatic carbocycles. The summed E-state index contributed by atoms with van der Waals surface area (Å²) >= 11 is 0. The molecule has 0 saturated carbocycles. The van der Waals surface area contributed by atoms with E-state index < -0.39 is 35.6 Å². The van der Waals surface area contributed by atoms with Crippen LogP contribution in [0.1, 0.15) is 38.8 Å². The Hall–Kier alpha value is -2.02. The second-order valence-corrected chi connectivity index (χ2v) is 5.71. The van der Waals surface area contributed by atoms with E-state index >= 15 is 0 Å². The first-order valence-corrected chi connectivity index (χ1v) is 7.38. The van der Waals surface area contributed by atoms with Crippen LogP contribution in [-0.2, 0) is 9.59 Å². The average Bonchev–Trinajstić information content (AvgIpc) is 2.43. The molecule has 23 heavy (non-hydrogen) atoms. The second-order valence-electron chi connectivity index (χ2n) is 5.71. The van der Waals surface area contributed by atoms with Gasteiger partial charge in [-0.1, -0.05) is 19.9 Å². The van der Waals surface area contributed by atoms with Crippen molar-refractivity contribution in [3.05, 3.63) is 35.4 Å². The standard InChI is InChI=1S/C16H22F2N2O3/c1-9(2)14(22)8-19-15(23)7-13(20-10(3)21)16-11(17)5-4-6-12(16)18/h4-6,9,13-14,22H,7-8H2,1-3H3,(H,19,23)(H,20,21). The predicted octanol–water partition coefficient (Wildman–Crippen LogP) is 1.67. The van der Waals surface area contributed by atoms with Crippen LogP contribution in [0, 0.1) is 17.6 Å². The minimum Gasteiger partial charge on any atom is -0.391 e. The number of halogens is 2. The molecule has 7 heteroatoms. The summed E-state index contributed by atoms with van der Waals surface area (Å²) in [5.41, 5.74) is -0.359. The average molecular weight is 328 g/mol.